The van der Waals surface area contributed by atoms with Gasteiger partial charge in [0.25, 0.3) is 0 Å². The van der Waals surface area contributed by atoms with E-state index in [2.05, 4.69) is 30.1 Å². The zero-order valence-electron chi connectivity index (χ0n) is 13.8. The van der Waals surface area contributed by atoms with Crippen molar-refractivity contribution in [2.45, 2.75) is 26.2 Å². The highest BCUT2D eigenvalue weighted by atomic mass is 16.4. The van der Waals surface area contributed by atoms with Crippen molar-refractivity contribution in [3.8, 4) is 11.3 Å². The molecule has 0 aliphatic carbocycles. The Hall–Kier alpha value is -2.59. The fourth-order valence-corrected chi connectivity index (χ4v) is 3.13. The van der Waals surface area contributed by atoms with Crippen molar-refractivity contribution in [1.29, 1.82) is 0 Å². The van der Waals surface area contributed by atoms with E-state index in [9.17, 15) is 9.90 Å². The summed E-state index contributed by atoms with van der Waals surface area (Å²) >= 11 is 0. The van der Waals surface area contributed by atoms with E-state index in [0.717, 1.165) is 41.4 Å². The number of fused-ring (bicyclic) bond motifs is 1. The number of hydrogen-bond donors (Lipinski definition) is 3. The van der Waals surface area contributed by atoms with E-state index in [1.165, 1.54) is 11.1 Å². The number of unbranched alkanes of at least 4 members (excludes halogenated alkanes) is 1. The van der Waals surface area contributed by atoms with Gasteiger partial charge in [0.15, 0.2) is 0 Å². The first-order valence-corrected chi connectivity index (χ1v) is 8.25. The number of carbonyl (C=O) groups is 1. The van der Waals surface area contributed by atoms with Crippen LogP contribution < -0.4 is 5.73 Å². The summed E-state index contributed by atoms with van der Waals surface area (Å²) in [5.74, 6) is -0.900. The quantitative estimate of drug-likeness (QED) is 0.597. The molecule has 24 heavy (non-hydrogen) atoms. The minimum Gasteiger partial charge on any atom is -0.478 e. The maximum absolute atomic E-state index is 11.3. The minimum absolute atomic E-state index is 0.317. The van der Waals surface area contributed by atoms with E-state index in [4.69, 9.17) is 5.73 Å². The van der Waals surface area contributed by atoms with Gasteiger partial charge in [-0.15, -0.1) is 0 Å². The molecule has 1 heterocycles. The van der Waals surface area contributed by atoms with Gasteiger partial charge in [0.2, 0.25) is 0 Å². The van der Waals surface area contributed by atoms with Crippen molar-refractivity contribution in [2.75, 3.05) is 6.54 Å². The fourth-order valence-electron chi connectivity index (χ4n) is 3.13. The highest BCUT2D eigenvalue weighted by molar-refractivity contribution is 5.97. The molecule has 0 unspecified atom stereocenters. The van der Waals surface area contributed by atoms with Gasteiger partial charge in [0.1, 0.15) is 0 Å². The second-order valence-corrected chi connectivity index (χ2v) is 6.16. The Bertz CT molecular complexity index is 880. The molecule has 0 spiro atoms. The minimum atomic E-state index is -0.900. The van der Waals surface area contributed by atoms with Crippen molar-refractivity contribution in [1.82, 2.24) is 4.98 Å². The molecule has 4 heteroatoms. The smallest absolute Gasteiger partial charge is 0.335 e. The number of nitrogens with one attached hydrogen (secondary N) is 1. The summed E-state index contributed by atoms with van der Waals surface area (Å²) in [5.41, 5.74) is 11.5. The molecule has 0 atom stereocenters. The number of benzene rings is 2. The second-order valence-electron chi connectivity index (χ2n) is 6.16. The van der Waals surface area contributed by atoms with Crippen LogP contribution in [0.2, 0.25) is 0 Å². The van der Waals surface area contributed by atoms with Gasteiger partial charge in [-0.1, -0.05) is 23.8 Å². The number of aromatic amines is 1. The number of aromatic nitrogens is 1. The fraction of sp³-hybridized carbons (Fsp3) is 0.250. The van der Waals surface area contributed by atoms with E-state index < -0.39 is 5.97 Å². The molecule has 124 valence electrons. The molecule has 0 aliphatic rings. The number of aryl methyl sites for hydroxylation is 2. The number of carboxylic acid groups (broad SMARTS) is 1. The SMILES string of the molecule is Cc1cccc(-c2[nH]c3ccc(C(=O)O)cc3c2CCCCN)c1. The molecule has 0 radical (unpaired) electrons. The molecule has 0 amide bonds. The molecule has 0 bridgehead atoms. The number of carboxylic acids is 1. The number of nitrogens with two attached hydrogens (primary N) is 1. The predicted octanol–water partition coefficient (Wildman–Crippen LogP) is 4.12. The van der Waals surface area contributed by atoms with Gasteiger partial charge >= 0.3 is 5.97 Å². The normalized spacial score (nSPS) is 11.1. The van der Waals surface area contributed by atoms with Crippen LogP contribution in [0.3, 0.4) is 0 Å². The maximum atomic E-state index is 11.3. The first-order chi connectivity index (χ1) is 11.6. The standard InChI is InChI=1S/C20H22N2O2/c1-13-5-4-6-14(11-13)19-16(7-2-3-10-21)17-12-15(20(23)24)8-9-18(17)22-19/h4-6,8-9,11-12,22H,2-3,7,10,21H2,1H3,(H,23,24). The van der Waals surface area contributed by atoms with Crippen molar-refractivity contribution < 1.29 is 9.90 Å². The van der Waals surface area contributed by atoms with Crippen LogP contribution in [0.5, 0.6) is 0 Å². The van der Waals surface area contributed by atoms with Crippen LogP contribution in [-0.2, 0) is 6.42 Å². The average molecular weight is 322 g/mol. The molecule has 4 nitrogen and oxygen atoms in total. The lowest BCUT2D eigenvalue weighted by molar-refractivity contribution is 0.0697. The first-order valence-electron chi connectivity index (χ1n) is 8.25. The molecule has 0 fully saturated rings. The number of H-pyrrole nitrogens is 1. The molecule has 4 N–H and O–H groups in total. The van der Waals surface area contributed by atoms with Gasteiger partial charge in [-0.3, -0.25) is 0 Å². The van der Waals surface area contributed by atoms with Crippen LogP contribution in [0, 0.1) is 6.92 Å². The third kappa shape index (κ3) is 3.19. The summed E-state index contributed by atoms with van der Waals surface area (Å²) < 4.78 is 0. The van der Waals surface area contributed by atoms with Gasteiger partial charge in [0, 0.05) is 16.6 Å². The lowest BCUT2D eigenvalue weighted by Gasteiger charge is -2.06. The van der Waals surface area contributed by atoms with E-state index >= 15 is 0 Å². The third-order valence-electron chi connectivity index (χ3n) is 4.34. The monoisotopic (exact) mass is 322 g/mol. The summed E-state index contributed by atoms with van der Waals surface area (Å²) in [6.45, 7) is 2.74. The Kier molecular flexibility index (Phi) is 4.67. The molecule has 2 aromatic carbocycles. The Morgan fingerprint density at radius 3 is 2.71 bits per heavy atom. The molecule has 3 rings (SSSR count). The summed E-state index contributed by atoms with van der Waals surface area (Å²) in [5, 5.41) is 10.3. The van der Waals surface area contributed by atoms with Crippen molar-refractivity contribution in [2.24, 2.45) is 5.73 Å². The summed E-state index contributed by atoms with van der Waals surface area (Å²) in [4.78, 5) is 14.8. The van der Waals surface area contributed by atoms with Gasteiger partial charge < -0.3 is 15.8 Å². The van der Waals surface area contributed by atoms with Crippen LogP contribution in [0.4, 0.5) is 0 Å². The number of hydrogen-bond acceptors (Lipinski definition) is 2. The Balaban J connectivity index is 2.16. The van der Waals surface area contributed by atoms with Crippen molar-refractivity contribution in [3.05, 3.63) is 59.2 Å². The number of aromatic carboxylic acids is 1. The predicted molar refractivity (Wildman–Crippen MR) is 97.4 cm³/mol. The Morgan fingerprint density at radius 1 is 1.17 bits per heavy atom. The molecule has 3 aromatic rings. The highest BCUT2D eigenvalue weighted by Gasteiger charge is 2.15. The Morgan fingerprint density at radius 2 is 2.00 bits per heavy atom. The lowest BCUT2D eigenvalue weighted by Crippen LogP contribution is -1.99. The highest BCUT2D eigenvalue weighted by Crippen LogP contribution is 2.32. The van der Waals surface area contributed by atoms with Crippen LogP contribution in [0.1, 0.15) is 34.3 Å². The van der Waals surface area contributed by atoms with Crippen LogP contribution >= 0.6 is 0 Å². The molecule has 0 saturated carbocycles. The summed E-state index contributed by atoms with van der Waals surface area (Å²) in [6.07, 6.45) is 2.82. The first kappa shape index (κ1) is 16.3. The van der Waals surface area contributed by atoms with Gasteiger partial charge in [-0.05, 0) is 68.1 Å². The van der Waals surface area contributed by atoms with Gasteiger partial charge in [0.05, 0.1) is 5.56 Å². The molecular weight excluding hydrogens is 300 g/mol. The van der Waals surface area contributed by atoms with E-state index in [1.54, 1.807) is 12.1 Å². The van der Waals surface area contributed by atoms with Gasteiger partial charge in [-0.25, -0.2) is 4.79 Å². The summed E-state index contributed by atoms with van der Waals surface area (Å²) in [7, 11) is 0. The van der Waals surface area contributed by atoms with Crippen LogP contribution in [0.25, 0.3) is 22.2 Å². The second kappa shape index (κ2) is 6.89. The summed E-state index contributed by atoms with van der Waals surface area (Å²) in [6, 6.07) is 13.6. The van der Waals surface area contributed by atoms with E-state index in [0.29, 0.717) is 12.1 Å². The maximum Gasteiger partial charge on any atom is 0.335 e. The zero-order valence-corrected chi connectivity index (χ0v) is 13.8. The molecule has 0 saturated heterocycles. The molecule has 1 aromatic heterocycles. The number of rotatable bonds is 6. The van der Waals surface area contributed by atoms with Gasteiger partial charge in [-0.2, -0.15) is 0 Å². The zero-order chi connectivity index (χ0) is 17.1. The van der Waals surface area contributed by atoms with E-state index in [1.807, 2.05) is 12.1 Å². The van der Waals surface area contributed by atoms with Crippen LogP contribution in [-0.4, -0.2) is 22.6 Å². The van der Waals surface area contributed by atoms with Crippen molar-refractivity contribution in [3.63, 3.8) is 0 Å². The molecule has 0 aliphatic heterocycles. The Labute approximate surface area is 141 Å². The third-order valence-corrected chi connectivity index (χ3v) is 4.34. The topological polar surface area (TPSA) is 79.1 Å². The van der Waals surface area contributed by atoms with E-state index in [-0.39, 0.29) is 0 Å². The van der Waals surface area contributed by atoms with Crippen molar-refractivity contribution >= 4 is 16.9 Å². The average Bonchev–Trinajstić information content (AvgIpc) is 2.93. The largest absolute Gasteiger partial charge is 0.478 e. The van der Waals surface area contributed by atoms with Crippen LogP contribution in [0.15, 0.2) is 42.5 Å². The molecular formula is C20H22N2O2. The lowest BCUT2D eigenvalue weighted by atomic mass is 9.98.